The highest BCUT2D eigenvalue weighted by Gasteiger charge is 2.40. The van der Waals surface area contributed by atoms with E-state index in [4.69, 9.17) is 10.5 Å². The first kappa shape index (κ1) is 35.6. The highest BCUT2D eigenvalue weighted by atomic mass is 16.6. The average molecular weight is 623 g/mol. The Kier molecular flexibility index (Phi) is 13.0. The van der Waals surface area contributed by atoms with Crippen LogP contribution in [-0.4, -0.2) is 58.8 Å². The summed E-state index contributed by atoms with van der Waals surface area (Å²) >= 11 is 0. The molecule has 3 rings (SSSR count). The Morgan fingerprint density at radius 1 is 0.822 bits per heavy atom. The summed E-state index contributed by atoms with van der Waals surface area (Å²) < 4.78 is 5.43. The predicted molar refractivity (Wildman–Crippen MR) is 173 cm³/mol. The average Bonchev–Trinajstić information content (AvgIpc) is 3.80. The zero-order valence-electron chi connectivity index (χ0n) is 27.1. The Morgan fingerprint density at radius 3 is 1.84 bits per heavy atom. The van der Waals surface area contributed by atoms with E-state index < -0.39 is 59.6 Å². The van der Waals surface area contributed by atoms with Gasteiger partial charge in [0.25, 0.3) is 0 Å². The fourth-order valence-corrected chi connectivity index (χ4v) is 5.38. The molecule has 10 nitrogen and oxygen atoms in total. The number of alkyl carbamates (subject to hydrolysis) is 1. The van der Waals surface area contributed by atoms with E-state index >= 15 is 0 Å². The predicted octanol–water partition coefficient (Wildman–Crippen LogP) is 3.64. The molecule has 10 heteroatoms. The summed E-state index contributed by atoms with van der Waals surface area (Å²) in [6.45, 7) is 9.19. The number of aliphatic hydroxyl groups is 1. The lowest BCUT2D eigenvalue weighted by Crippen LogP contribution is -2.55. The second-order valence-corrected chi connectivity index (χ2v) is 13.5. The molecule has 1 saturated carbocycles. The molecule has 0 aromatic heterocycles. The van der Waals surface area contributed by atoms with Gasteiger partial charge >= 0.3 is 6.09 Å². The second kappa shape index (κ2) is 16.4. The summed E-state index contributed by atoms with van der Waals surface area (Å²) in [4.78, 5) is 52.3. The quantitative estimate of drug-likeness (QED) is 0.192. The third kappa shape index (κ3) is 12.5. The molecule has 0 heterocycles. The summed E-state index contributed by atoms with van der Waals surface area (Å²) in [7, 11) is 0. The summed E-state index contributed by atoms with van der Waals surface area (Å²) in [6.07, 6.45) is 1.01. The van der Waals surface area contributed by atoms with Crippen molar-refractivity contribution in [3.63, 3.8) is 0 Å². The van der Waals surface area contributed by atoms with Gasteiger partial charge in [-0.25, -0.2) is 4.79 Å². The van der Waals surface area contributed by atoms with Crippen LogP contribution in [0, 0.1) is 17.8 Å². The molecule has 0 radical (unpaired) electrons. The number of amides is 4. The van der Waals surface area contributed by atoms with Gasteiger partial charge in [-0.2, -0.15) is 0 Å². The molecule has 4 amide bonds. The summed E-state index contributed by atoms with van der Waals surface area (Å²) in [5, 5.41) is 19.9. The summed E-state index contributed by atoms with van der Waals surface area (Å²) in [5.74, 6) is -2.14. The van der Waals surface area contributed by atoms with Crippen molar-refractivity contribution in [2.45, 2.75) is 103 Å². The number of primary amides is 1. The van der Waals surface area contributed by atoms with Crippen molar-refractivity contribution in [3.8, 4) is 0 Å². The fourth-order valence-electron chi connectivity index (χ4n) is 5.38. The van der Waals surface area contributed by atoms with Crippen molar-refractivity contribution in [2.24, 2.45) is 23.5 Å². The first-order valence-electron chi connectivity index (χ1n) is 15.9. The number of rotatable bonds is 16. The van der Waals surface area contributed by atoms with Gasteiger partial charge in [0.05, 0.1) is 12.1 Å². The van der Waals surface area contributed by atoms with Crippen molar-refractivity contribution < 1.29 is 29.0 Å². The second-order valence-electron chi connectivity index (χ2n) is 13.5. The number of carbonyl (C=O) groups excluding carboxylic acids is 4. The first-order chi connectivity index (χ1) is 21.2. The van der Waals surface area contributed by atoms with Crippen molar-refractivity contribution in [1.29, 1.82) is 0 Å². The van der Waals surface area contributed by atoms with Crippen LogP contribution < -0.4 is 21.7 Å². The van der Waals surface area contributed by atoms with E-state index in [9.17, 15) is 24.3 Å². The third-order valence-corrected chi connectivity index (χ3v) is 7.73. The molecule has 1 aliphatic carbocycles. The van der Waals surface area contributed by atoms with E-state index in [1.165, 1.54) is 0 Å². The van der Waals surface area contributed by atoms with Gasteiger partial charge in [0, 0.05) is 12.3 Å². The van der Waals surface area contributed by atoms with Gasteiger partial charge in [0.15, 0.2) is 0 Å². The van der Waals surface area contributed by atoms with Crippen LogP contribution in [0.2, 0.25) is 0 Å². The lowest BCUT2D eigenvalue weighted by Gasteiger charge is -2.30. The van der Waals surface area contributed by atoms with Crippen LogP contribution >= 0.6 is 0 Å². The first-order valence-corrected chi connectivity index (χ1v) is 15.9. The molecule has 1 fully saturated rings. The number of aliphatic hydroxyl groups excluding tert-OH is 1. The van der Waals surface area contributed by atoms with Crippen LogP contribution in [0.5, 0.6) is 0 Å². The molecule has 246 valence electrons. The minimum atomic E-state index is -1.02. The van der Waals surface area contributed by atoms with Crippen molar-refractivity contribution in [3.05, 3.63) is 71.8 Å². The van der Waals surface area contributed by atoms with Crippen molar-refractivity contribution in [2.75, 3.05) is 0 Å². The maximum atomic E-state index is 13.9. The van der Waals surface area contributed by atoms with E-state index in [1.54, 1.807) is 20.8 Å². The number of ether oxygens (including phenoxy) is 1. The summed E-state index contributed by atoms with van der Waals surface area (Å²) in [6, 6.07) is 16.2. The highest BCUT2D eigenvalue weighted by Crippen LogP contribution is 2.36. The van der Waals surface area contributed by atoms with Gasteiger partial charge in [-0.3, -0.25) is 14.4 Å². The maximum Gasteiger partial charge on any atom is 0.407 e. The van der Waals surface area contributed by atoms with Crippen LogP contribution in [0.3, 0.4) is 0 Å². The van der Waals surface area contributed by atoms with E-state index in [0.29, 0.717) is 12.8 Å². The lowest BCUT2D eigenvalue weighted by atomic mass is 9.88. The Bertz CT molecular complexity index is 1260. The van der Waals surface area contributed by atoms with Gasteiger partial charge in [-0.05, 0) is 75.8 Å². The Hall–Kier alpha value is -3.92. The van der Waals surface area contributed by atoms with Crippen LogP contribution in [-0.2, 0) is 32.0 Å². The molecular weight excluding hydrogens is 572 g/mol. The van der Waals surface area contributed by atoms with Crippen LogP contribution in [0.25, 0.3) is 0 Å². The van der Waals surface area contributed by atoms with Gasteiger partial charge < -0.3 is 31.5 Å². The molecule has 0 spiro atoms. The van der Waals surface area contributed by atoms with Crippen LogP contribution in [0.4, 0.5) is 4.79 Å². The van der Waals surface area contributed by atoms with Gasteiger partial charge in [0.2, 0.25) is 17.7 Å². The maximum absolute atomic E-state index is 13.9. The van der Waals surface area contributed by atoms with Gasteiger partial charge in [0.1, 0.15) is 17.7 Å². The molecular formula is C35H50N4O6. The van der Waals surface area contributed by atoms with E-state index in [0.717, 1.165) is 24.0 Å². The fraction of sp³-hybridized carbons (Fsp3) is 0.543. The monoisotopic (exact) mass is 622 g/mol. The zero-order valence-corrected chi connectivity index (χ0v) is 27.1. The van der Waals surface area contributed by atoms with E-state index in [-0.39, 0.29) is 24.7 Å². The minimum absolute atomic E-state index is 0.0534. The molecule has 2 aromatic rings. The Balaban J connectivity index is 1.78. The molecule has 0 bridgehead atoms. The molecule has 5 atom stereocenters. The highest BCUT2D eigenvalue weighted by molar-refractivity contribution is 5.92. The molecule has 2 aromatic carbocycles. The lowest BCUT2D eigenvalue weighted by molar-refractivity contribution is -0.133. The smallest absolute Gasteiger partial charge is 0.407 e. The standard InChI is InChI=1S/C35H50N4O6/c1-22(2)18-28(33(43)37-27(31(36)41)20-24-14-10-7-11-15-24)38-32(42)26(19-23-12-8-6-9-13-23)21-29(40)30(25-16-17-25)39-34(44)45-35(3,4)5/h6-15,22,25-30,40H,16-21H2,1-5H3,(H2,36,41)(H,37,43)(H,38,42)(H,39,44)/t26-,27+,28+,29-,30+/m1/s1. The Morgan fingerprint density at radius 2 is 1.36 bits per heavy atom. The van der Waals surface area contributed by atoms with Gasteiger partial charge in [-0.1, -0.05) is 74.5 Å². The number of nitrogens with one attached hydrogen (secondary N) is 3. The van der Waals surface area contributed by atoms with Crippen molar-refractivity contribution in [1.82, 2.24) is 16.0 Å². The number of carbonyl (C=O) groups is 4. The van der Waals surface area contributed by atoms with E-state index in [1.807, 2.05) is 74.5 Å². The molecule has 1 aliphatic rings. The summed E-state index contributed by atoms with van der Waals surface area (Å²) in [5.41, 5.74) is 6.69. The molecule has 45 heavy (non-hydrogen) atoms. The number of hydrogen-bond donors (Lipinski definition) is 5. The number of benzene rings is 2. The van der Waals surface area contributed by atoms with Crippen LogP contribution in [0.15, 0.2) is 60.7 Å². The number of nitrogens with two attached hydrogens (primary N) is 1. The zero-order chi connectivity index (χ0) is 33.1. The third-order valence-electron chi connectivity index (χ3n) is 7.73. The van der Waals surface area contributed by atoms with E-state index in [2.05, 4.69) is 16.0 Å². The van der Waals surface area contributed by atoms with Crippen LogP contribution in [0.1, 0.15) is 71.4 Å². The normalized spacial score (nSPS) is 16.5. The largest absolute Gasteiger partial charge is 0.444 e. The van der Waals surface area contributed by atoms with Gasteiger partial charge in [-0.15, -0.1) is 0 Å². The Labute approximate surface area is 266 Å². The molecule has 6 N–H and O–H groups in total. The molecule has 0 saturated heterocycles. The topological polar surface area (TPSA) is 160 Å². The number of hydrogen-bond acceptors (Lipinski definition) is 6. The van der Waals surface area contributed by atoms with Crippen molar-refractivity contribution >= 4 is 23.8 Å². The minimum Gasteiger partial charge on any atom is -0.444 e. The SMILES string of the molecule is CC(C)C[C@H](NC(=O)[C@H](Cc1ccccc1)C[C@@H](O)[C@@H](NC(=O)OC(C)(C)C)C1CC1)C(=O)N[C@@H](Cc1ccccc1)C(N)=O. The molecule has 0 aliphatic heterocycles. The molecule has 0 unspecified atom stereocenters.